The molecule has 0 saturated carbocycles. The van der Waals surface area contributed by atoms with Crippen LogP contribution in [-0.2, 0) is 11.2 Å². The van der Waals surface area contributed by atoms with Crippen molar-refractivity contribution in [3.63, 3.8) is 0 Å². The lowest BCUT2D eigenvalue weighted by molar-refractivity contribution is -0.121. The topological polar surface area (TPSA) is 79.8 Å². The van der Waals surface area contributed by atoms with Crippen LogP contribution in [0.3, 0.4) is 0 Å². The van der Waals surface area contributed by atoms with Crippen molar-refractivity contribution in [1.29, 1.82) is 0 Å². The number of aromatic nitrogens is 3. The summed E-state index contributed by atoms with van der Waals surface area (Å²) in [5.41, 5.74) is 2.74. The van der Waals surface area contributed by atoms with Crippen molar-refractivity contribution >= 4 is 11.7 Å². The van der Waals surface area contributed by atoms with Gasteiger partial charge in [0.05, 0.1) is 11.7 Å². The van der Waals surface area contributed by atoms with E-state index < -0.39 is 0 Å². The van der Waals surface area contributed by atoms with Crippen LogP contribution in [0.2, 0.25) is 0 Å². The average molecular weight is 375 g/mol. The number of hydrogen-bond donors (Lipinski definition) is 2. The molecule has 0 aliphatic heterocycles. The van der Waals surface area contributed by atoms with E-state index in [9.17, 15) is 4.79 Å². The quantitative estimate of drug-likeness (QED) is 0.626. The summed E-state index contributed by atoms with van der Waals surface area (Å²) in [5.74, 6) is 1.31. The van der Waals surface area contributed by atoms with Gasteiger partial charge < -0.3 is 10.6 Å². The zero-order valence-corrected chi connectivity index (χ0v) is 16.2. The van der Waals surface area contributed by atoms with Crippen LogP contribution < -0.4 is 10.6 Å². The molecule has 1 unspecified atom stereocenters. The van der Waals surface area contributed by atoms with Gasteiger partial charge in [-0.3, -0.25) is 9.78 Å². The highest BCUT2D eigenvalue weighted by Gasteiger charge is 2.19. The summed E-state index contributed by atoms with van der Waals surface area (Å²) < 4.78 is 0. The highest BCUT2D eigenvalue weighted by molar-refractivity contribution is 5.76. The van der Waals surface area contributed by atoms with Gasteiger partial charge in [-0.05, 0) is 30.5 Å². The Balaban J connectivity index is 1.98. The molecule has 0 aliphatic rings. The lowest BCUT2D eigenvalue weighted by Crippen LogP contribution is -2.30. The van der Waals surface area contributed by atoms with Crippen LogP contribution in [0.15, 0.2) is 60.9 Å². The third-order valence-corrected chi connectivity index (χ3v) is 4.37. The van der Waals surface area contributed by atoms with E-state index in [4.69, 9.17) is 4.98 Å². The zero-order valence-electron chi connectivity index (χ0n) is 16.2. The number of carbonyl (C=O) groups is 1. The normalized spacial score (nSPS) is 11.6. The molecule has 0 fully saturated rings. The number of pyridine rings is 1. The molecule has 2 N–H and O–H groups in total. The van der Waals surface area contributed by atoms with E-state index >= 15 is 0 Å². The van der Waals surface area contributed by atoms with Crippen molar-refractivity contribution in [3.05, 3.63) is 72.2 Å². The smallest absolute Gasteiger partial charge is 0.220 e. The monoisotopic (exact) mass is 375 g/mol. The molecule has 28 heavy (non-hydrogen) atoms. The molecule has 0 saturated heterocycles. The Bertz CT molecular complexity index is 899. The predicted octanol–water partition coefficient (Wildman–Crippen LogP) is 3.78. The molecule has 144 valence electrons. The molecule has 1 atom stereocenters. The predicted molar refractivity (Wildman–Crippen MR) is 111 cm³/mol. The molecular formula is C22H25N5O. The number of rotatable bonds is 8. The van der Waals surface area contributed by atoms with Gasteiger partial charge in [0.2, 0.25) is 5.91 Å². The molecule has 3 rings (SSSR count). The SMILES string of the molecule is CCCC(=O)NC(Cc1ccccc1)c1cc(NC)nc(-c2cccnc2)n1. The van der Waals surface area contributed by atoms with Crippen molar-refractivity contribution in [2.45, 2.75) is 32.2 Å². The van der Waals surface area contributed by atoms with Crippen molar-refractivity contribution in [1.82, 2.24) is 20.3 Å². The number of anilines is 1. The van der Waals surface area contributed by atoms with E-state index in [0.717, 1.165) is 23.2 Å². The summed E-state index contributed by atoms with van der Waals surface area (Å²) in [5, 5.41) is 6.23. The van der Waals surface area contributed by atoms with Crippen LogP contribution in [0, 0.1) is 0 Å². The number of carbonyl (C=O) groups excluding carboxylic acids is 1. The minimum Gasteiger partial charge on any atom is -0.373 e. The highest BCUT2D eigenvalue weighted by atomic mass is 16.1. The molecule has 0 radical (unpaired) electrons. The number of amides is 1. The first kappa shape index (κ1) is 19.5. The lowest BCUT2D eigenvalue weighted by Gasteiger charge is -2.20. The van der Waals surface area contributed by atoms with Gasteiger partial charge in [-0.25, -0.2) is 9.97 Å². The molecule has 3 aromatic rings. The summed E-state index contributed by atoms with van der Waals surface area (Å²) in [4.78, 5) is 25.8. The van der Waals surface area contributed by atoms with E-state index in [1.807, 2.05) is 50.4 Å². The lowest BCUT2D eigenvalue weighted by atomic mass is 10.0. The maximum atomic E-state index is 12.3. The Kier molecular flexibility index (Phi) is 6.68. The fraction of sp³-hybridized carbons (Fsp3) is 0.273. The molecule has 0 bridgehead atoms. The molecule has 6 heteroatoms. The van der Waals surface area contributed by atoms with Crippen LogP contribution in [0.5, 0.6) is 0 Å². The average Bonchev–Trinajstić information content (AvgIpc) is 2.74. The van der Waals surface area contributed by atoms with Gasteiger partial charge in [0.25, 0.3) is 0 Å². The van der Waals surface area contributed by atoms with E-state index in [1.54, 1.807) is 12.4 Å². The fourth-order valence-corrected chi connectivity index (χ4v) is 2.97. The molecule has 0 aliphatic carbocycles. The van der Waals surface area contributed by atoms with Crippen molar-refractivity contribution in [3.8, 4) is 11.4 Å². The third kappa shape index (κ3) is 5.13. The van der Waals surface area contributed by atoms with E-state index in [2.05, 4.69) is 32.7 Å². The van der Waals surface area contributed by atoms with Crippen molar-refractivity contribution in [2.75, 3.05) is 12.4 Å². The van der Waals surface area contributed by atoms with Gasteiger partial charge in [0.15, 0.2) is 5.82 Å². The number of benzene rings is 1. The summed E-state index contributed by atoms with van der Waals surface area (Å²) in [6.07, 6.45) is 5.40. The van der Waals surface area contributed by atoms with Gasteiger partial charge in [-0.15, -0.1) is 0 Å². The van der Waals surface area contributed by atoms with Crippen LogP contribution in [-0.4, -0.2) is 27.9 Å². The first-order valence-corrected chi connectivity index (χ1v) is 9.50. The summed E-state index contributed by atoms with van der Waals surface area (Å²) in [6, 6.07) is 15.5. The largest absolute Gasteiger partial charge is 0.373 e. The zero-order chi connectivity index (χ0) is 19.8. The van der Waals surface area contributed by atoms with Crippen LogP contribution in [0.1, 0.15) is 37.1 Å². The van der Waals surface area contributed by atoms with E-state index in [1.165, 1.54) is 0 Å². The van der Waals surface area contributed by atoms with Crippen LogP contribution in [0.4, 0.5) is 5.82 Å². The minimum absolute atomic E-state index is 0.0241. The minimum atomic E-state index is -0.244. The van der Waals surface area contributed by atoms with Gasteiger partial charge in [-0.2, -0.15) is 0 Å². The van der Waals surface area contributed by atoms with Gasteiger partial charge in [0.1, 0.15) is 5.82 Å². The summed E-state index contributed by atoms with van der Waals surface area (Å²) in [7, 11) is 1.82. The maximum Gasteiger partial charge on any atom is 0.220 e. The van der Waals surface area contributed by atoms with Gasteiger partial charge in [-0.1, -0.05) is 37.3 Å². The van der Waals surface area contributed by atoms with E-state index in [-0.39, 0.29) is 11.9 Å². The molecule has 1 amide bonds. The van der Waals surface area contributed by atoms with Crippen LogP contribution >= 0.6 is 0 Å². The first-order valence-electron chi connectivity index (χ1n) is 9.50. The fourth-order valence-electron chi connectivity index (χ4n) is 2.97. The first-order chi connectivity index (χ1) is 13.7. The Morgan fingerprint density at radius 1 is 1.11 bits per heavy atom. The van der Waals surface area contributed by atoms with Gasteiger partial charge >= 0.3 is 0 Å². The summed E-state index contributed by atoms with van der Waals surface area (Å²) >= 11 is 0. The molecule has 2 heterocycles. The standard InChI is InChI=1S/C22H25N5O/c1-3-8-21(28)25-18(13-16-9-5-4-6-10-16)19-14-20(23-2)27-22(26-19)17-11-7-12-24-15-17/h4-7,9-12,14-15,18H,3,8,13H2,1-2H3,(H,25,28)(H,23,26,27). The van der Waals surface area contributed by atoms with Crippen LogP contribution in [0.25, 0.3) is 11.4 Å². The second kappa shape index (κ2) is 9.60. The molecule has 6 nitrogen and oxygen atoms in total. The molecule has 0 spiro atoms. The molecular weight excluding hydrogens is 350 g/mol. The Morgan fingerprint density at radius 2 is 1.93 bits per heavy atom. The third-order valence-electron chi connectivity index (χ3n) is 4.37. The number of nitrogens with one attached hydrogen (secondary N) is 2. The summed E-state index contributed by atoms with van der Waals surface area (Å²) in [6.45, 7) is 2.00. The van der Waals surface area contributed by atoms with Crippen molar-refractivity contribution in [2.24, 2.45) is 0 Å². The number of nitrogens with zero attached hydrogens (tertiary/aromatic N) is 3. The Hall–Kier alpha value is -3.28. The van der Waals surface area contributed by atoms with E-state index in [0.29, 0.717) is 24.5 Å². The Labute approximate surface area is 165 Å². The molecule has 1 aromatic carbocycles. The van der Waals surface area contributed by atoms with Crippen molar-refractivity contribution < 1.29 is 4.79 Å². The highest BCUT2D eigenvalue weighted by Crippen LogP contribution is 2.23. The second-order valence-electron chi connectivity index (χ2n) is 6.55. The molecule has 2 aromatic heterocycles. The second-order valence-corrected chi connectivity index (χ2v) is 6.55. The maximum absolute atomic E-state index is 12.3. The van der Waals surface area contributed by atoms with Gasteiger partial charge in [0, 0.05) is 37.5 Å². The Morgan fingerprint density at radius 3 is 2.61 bits per heavy atom. The number of hydrogen-bond acceptors (Lipinski definition) is 5.